The van der Waals surface area contributed by atoms with E-state index < -0.39 is 46.5 Å². The molecule has 9 heteroatoms. The standard InChI is InChI=1S/C28H23F7O2/c1-2-3-6-17-9-10-19(22(29)13-17)8-5-4-7-18-14-24(31)26(25(32)15-18)27(36)37-20-11-12-21(23(30)16-20)28(33,34)35/h4,7,9-16H,2-3,5-6,8H2,1H3. The van der Waals surface area contributed by atoms with E-state index in [1.165, 1.54) is 12.1 Å². The van der Waals surface area contributed by atoms with Gasteiger partial charge in [0.1, 0.15) is 34.6 Å². The Morgan fingerprint density at radius 2 is 1.57 bits per heavy atom. The molecule has 0 saturated carbocycles. The summed E-state index contributed by atoms with van der Waals surface area (Å²) in [6.07, 6.45) is 1.58. The third kappa shape index (κ3) is 7.44. The van der Waals surface area contributed by atoms with Gasteiger partial charge in [-0.3, -0.25) is 0 Å². The second-order valence-corrected chi connectivity index (χ2v) is 8.36. The van der Waals surface area contributed by atoms with Crippen LogP contribution in [0.5, 0.6) is 5.75 Å². The number of ether oxygens (including phenoxy) is 1. The van der Waals surface area contributed by atoms with Crippen LogP contribution in [0.25, 0.3) is 6.08 Å². The Bertz CT molecular complexity index is 1270. The van der Waals surface area contributed by atoms with Crippen molar-refractivity contribution in [1.82, 2.24) is 0 Å². The topological polar surface area (TPSA) is 26.3 Å². The molecule has 0 atom stereocenters. The lowest BCUT2D eigenvalue weighted by Crippen LogP contribution is -2.14. The minimum absolute atomic E-state index is 0.0857. The van der Waals surface area contributed by atoms with Crippen molar-refractivity contribution in [3.05, 3.63) is 106 Å². The second-order valence-electron chi connectivity index (χ2n) is 8.36. The second kappa shape index (κ2) is 12.1. The van der Waals surface area contributed by atoms with Crippen LogP contribution >= 0.6 is 0 Å². The number of carbonyl (C=O) groups excluding carboxylic acids is 1. The highest BCUT2D eigenvalue weighted by molar-refractivity contribution is 5.92. The van der Waals surface area contributed by atoms with Crippen LogP contribution in [0.15, 0.2) is 54.6 Å². The lowest BCUT2D eigenvalue weighted by molar-refractivity contribution is -0.140. The molecule has 0 aliphatic carbocycles. The zero-order chi connectivity index (χ0) is 27.2. The quantitative estimate of drug-likeness (QED) is 0.159. The third-order valence-electron chi connectivity index (χ3n) is 5.55. The van der Waals surface area contributed by atoms with Crippen LogP contribution in [0.2, 0.25) is 0 Å². The molecule has 0 fully saturated rings. The minimum Gasteiger partial charge on any atom is -0.423 e. The predicted octanol–water partition coefficient (Wildman–Crippen LogP) is 8.47. The van der Waals surface area contributed by atoms with Gasteiger partial charge in [0, 0.05) is 6.07 Å². The highest BCUT2D eigenvalue weighted by Crippen LogP contribution is 2.33. The van der Waals surface area contributed by atoms with Crippen molar-refractivity contribution in [2.75, 3.05) is 0 Å². The van der Waals surface area contributed by atoms with Crippen LogP contribution < -0.4 is 4.74 Å². The summed E-state index contributed by atoms with van der Waals surface area (Å²) >= 11 is 0. The molecule has 196 valence electrons. The maximum Gasteiger partial charge on any atom is 0.419 e. The Hall–Kier alpha value is -3.62. The number of aryl methyl sites for hydroxylation is 2. The average Bonchev–Trinajstić information content (AvgIpc) is 2.80. The van der Waals surface area contributed by atoms with Crippen molar-refractivity contribution in [1.29, 1.82) is 0 Å². The van der Waals surface area contributed by atoms with Gasteiger partial charge in [0.15, 0.2) is 0 Å². The lowest BCUT2D eigenvalue weighted by atomic mass is 10.0. The maximum atomic E-state index is 14.5. The van der Waals surface area contributed by atoms with Gasteiger partial charge >= 0.3 is 12.1 Å². The van der Waals surface area contributed by atoms with Gasteiger partial charge in [-0.15, -0.1) is 0 Å². The highest BCUT2D eigenvalue weighted by Gasteiger charge is 2.34. The molecule has 0 aromatic heterocycles. The SMILES string of the molecule is CCCCc1ccc(CCC=Cc2cc(F)c(C(=O)Oc3ccc(C(F)(F)F)c(F)c3)c(F)c2)c(F)c1. The first-order valence-electron chi connectivity index (χ1n) is 11.5. The van der Waals surface area contributed by atoms with Crippen molar-refractivity contribution in [2.45, 2.75) is 45.2 Å². The molecule has 0 heterocycles. The molecule has 0 aliphatic rings. The fraction of sp³-hybridized carbons (Fsp3) is 0.250. The van der Waals surface area contributed by atoms with Gasteiger partial charge in [0.05, 0.1) is 5.56 Å². The summed E-state index contributed by atoms with van der Waals surface area (Å²) in [4.78, 5) is 12.2. The molecule has 0 amide bonds. The van der Waals surface area contributed by atoms with Crippen LogP contribution in [0.4, 0.5) is 30.7 Å². The number of allylic oxidation sites excluding steroid dienone is 1. The van der Waals surface area contributed by atoms with Gasteiger partial charge in [0.25, 0.3) is 0 Å². The van der Waals surface area contributed by atoms with Crippen LogP contribution in [-0.4, -0.2) is 5.97 Å². The molecule has 3 aromatic rings. The largest absolute Gasteiger partial charge is 0.423 e. The Balaban J connectivity index is 1.64. The number of alkyl halides is 3. The number of rotatable bonds is 9. The van der Waals surface area contributed by atoms with E-state index in [1.807, 2.05) is 6.07 Å². The molecular formula is C28H23F7O2. The first-order chi connectivity index (χ1) is 17.5. The van der Waals surface area contributed by atoms with Crippen molar-refractivity contribution in [3.8, 4) is 5.75 Å². The molecule has 0 aliphatic heterocycles. The number of esters is 1. The lowest BCUT2D eigenvalue weighted by Gasteiger charge is -2.10. The predicted molar refractivity (Wildman–Crippen MR) is 125 cm³/mol. The molecular weight excluding hydrogens is 501 g/mol. The maximum absolute atomic E-state index is 14.5. The Kier molecular flexibility index (Phi) is 9.13. The van der Waals surface area contributed by atoms with Gasteiger partial charge in [-0.2, -0.15) is 13.2 Å². The molecule has 0 bridgehead atoms. The minimum atomic E-state index is -4.96. The van der Waals surface area contributed by atoms with Crippen LogP contribution in [0.3, 0.4) is 0 Å². The highest BCUT2D eigenvalue weighted by atomic mass is 19.4. The Morgan fingerprint density at radius 1 is 0.865 bits per heavy atom. The molecule has 3 aromatic carbocycles. The summed E-state index contributed by atoms with van der Waals surface area (Å²) in [6, 6.07) is 8.16. The van der Waals surface area contributed by atoms with Crippen molar-refractivity contribution < 1.29 is 40.3 Å². The van der Waals surface area contributed by atoms with E-state index in [9.17, 15) is 35.5 Å². The number of carbonyl (C=O) groups is 1. The van der Waals surface area contributed by atoms with Gasteiger partial charge < -0.3 is 4.74 Å². The smallest absolute Gasteiger partial charge is 0.419 e. The summed E-state index contributed by atoms with van der Waals surface area (Å²) in [5.41, 5.74) is -1.13. The summed E-state index contributed by atoms with van der Waals surface area (Å²) in [7, 11) is 0. The zero-order valence-electron chi connectivity index (χ0n) is 19.8. The van der Waals surface area contributed by atoms with Gasteiger partial charge in [0.2, 0.25) is 0 Å². The van der Waals surface area contributed by atoms with Crippen molar-refractivity contribution in [3.63, 3.8) is 0 Å². The van der Waals surface area contributed by atoms with E-state index in [0.29, 0.717) is 36.6 Å². The van der Waals surface area contributed by atoms with Gasteiger partial charge in [-0.1, -0.05) is 37.6 Å². The molecule has 0 unspecified atom stereocenters. The zero-order valence-corrected chi connectivity index (χ0v) is 19.8. The van der Waals surface area contributed by atoms with E-state index in [0.717, 1.165) is 37.0 Å². The molecule has 0 saturated heterocycles. The van der Waals surface area contributed by atoms with E-state index >= 15 is 0 Å². The Morgan fingerprint density at radius 3 is 2.16 bits per heavy atom. The number of halogens is 7. The molecule has 0 N–H and O–H groups in total. The van der Waals surface area contributed by atoms with Gasteiger partial charge in [-0.25, -0.2) is 22.4 Å². The monoisotopic (exact) mass is 524 g/mol. The number of hydrogen-bond donors (Lipinski definition) is 0. The first kappa shape index (κ1) is 28.0. The van der Waals surface area contributed by atoms with E-state index in [4.69, 9.17) is 0 Å². The Labute approximate surface area is 209 Å². The number of benzene rings is 3. The number of hydrogen-bond acceptors (Lipinski definition) is 2. The third-order valence-corrected chi connectivity index (χ3v) is 5.55. The number of unbranched alkanes of at least 4 members (excludes halogenated alkanes) is 1. The normalized spacial score (nSPS) is 11.8. The first-order valence-corrected chi connectivity index (χ1v) is 11.5. The fourth-order valence-corrected chi connectivity index (χ4v) is 3.62. The summed E-state index contributed by atoms with van der Waals surface area (Å²) < 4.78 is 99.5. The summed E-state index contributed by atoms with van der Waals surface area (Å²) in [5, 5.41) is 0. The van der Waals surface area contributed by atoms with Crippen LogP contribution in [0.1, 0.15) is 58.8 Å². The van der Waals surface area contributed by atoms with Crippen molar-refractivity contribution in [2.24, 2.45) is 0 Å². The molecule has 3 rings (SSSR count). The fourth-order valence-electron chi connectivity index (χ4n) is 3.62. The van der Waals surface area contributed by atoms with E-state index in [2.05, 4.69) is 11.7 Å². The van der Waals surface area contributed by atoms with E-state index in [1.54, 1.807) is 12.1 Å². The van der Waals surface area contributed by atoms with Crippen LogP contribution in [-0.2, 0) is 19.0 Å². The summed E-state index contributed by atoms with van der Waals surface area (Å²) in [5.74, 6) is -6.75. The molecule has 37 heavy (non-hydrogen) atoms. The summed E-state index contributed by atoms with van der Waals surface area (Å²) in [6.45, 7) is 2.06. The average molecular weight is 524 g/mol. The molecule has 2 nitrogen and oxygen atoms in total. The van der Waals surface area contributed by atoms with Crippen LogP contribution in [0, 0.1) is 23.3 Å². The van der Waals surface area contributed by atoms with E-state index in [-0.39, 0.29) is 11.4 Å². The molecule has 0 radical (unpaired) electrons. The van der Waals surface area contributed by atoms with Crippen molar-refractivity contribution >= 4 is 12.0 Å². The van der Waals surface area contributed by atoms with Gasteiger partial charge in [-0.05, 0) is 72.7 Å². The molecule has 0 spiro atoms.